The molecule has 0 aliphatic heterocycles. The van der Waals surface area contributed by atoms with Gasteiger partial charge in [-0.2, -0.15) is 0 Å². The number of phenolic OH excluding ortho intramolecular Hbond substituents is 1. The topological polar surface area (TPSA) is 49.6 Å². The molecule has 0 unspecified atom stereocenters. The summed E-state index contributed by atoms with van der Waals surface area (Å²) in [4.78, 5) is 4.76. The highest BCUT2D eigenvalue weighted by Crippen LogP contribution is 2.33. The SMILES string of the molecule is Oc1ccc(-c2nc3ccc(Cl)cn3c2NC2CCCC2)cc1. The van der Waals surface area contributed by atoms with Gasteiger partial charge in [0.05, 0.1) is 5.02 Å². The number of anilines is 1. The second-order valence-electron chi connectivity index (χ2n) is 6.06. The van der Waals surface area contributed by atoms with E-state index in [2.05, 4.69) is 5.32 Å². The van der Waals surface area contributed by atoms with Gasteiger partial charge in [0.15, 0.2) is 0 Å². The van der Waals surface area contributed by atoms with E-state index in [0.717, 1.165) is 22.7 Å². The van der Waals surface area contributed by atoms with Gasteiger partial charge in [-0.15, -0.1) is 0 Å². The number of pyridine rings is 1. The third-order valence-electron chi connectivity index (χ3n) is 4.42. The zero-order valence-corrected chi connectivity index (χ0v) is 13.4. The molecule has 23 heavy (non-hydrogen) atoms. The molecule has 2 heterocycles. The van der Waals surface area contributed by atoms with Gasteiger partial charge in [-0.3, -0.25) is 4.40 Å². The zero-order chi connectivity index (χ0) is 15.8. The van der Waals surface area contributed by atoms with Gasteiger partial charge >= 0.3 is 0 Å². The second-order valence-corrected chi connectivity index (χ2v) is 6.49. The van der Waals surface area contributed by atoms with Gasteiger partial charge in [-0.25, -0.2) is 4.98 Å². The number of aromatic hydroxyl groups is 1. The van der Waals surface area contributed by atoms with Gasteiger partial charge in [0.1, 0.15) is 22.9 Å². The molecule has 1 aliphatic carbocycles. The van der Waals surface area contributed by atoms with Crippen molar-refractivity contribution in [3.63, 3.8) is 0 Å². The Hall–Kier alpha value is -2.20. The first kappa shape index (κ1) is 14.4. The van der Waals surface area contributed by atoms with Crippen LogP contribution in [0.5, 0.6) is 5.75 Å². The van der Waals surface area contributed by atoms with Crippen LogP contribution in [0.25, 0.3) is 16.9 Å². The number of aromatic nitrogens is 2. The van der Waals surface area contributed by atoms with Gasteiger partial charge in [-0.1, -0.05) is 24.4 Å². The first-order valence-electron chi connectivity index (χ1n) is 7.94. The van der Waals surface area contributed by atoms with Gasteiger partial charge in [-0.05, 0) is 49.2 Å². The minimum Gasteiger partial charge on any atom is -0.508 e. The van der Waals surface area contributed by atoms with Crippen molar-refractivity contribution in [1.82, 2.24) is 9.38 Å². The molecular weight excluding hydrogens is 310 g/mol. The lowest BCUT2D eigenvalue weighted by Gasteiger charge is -2.15. The van der Waals surface area contributed by atoms with Gasteiger partial charge in [0.2, 0.25) is 0 Å². The summed E-state index contributed by atoms with van der Waals surface area (Å²) in [6, 6.07) is 11.4. The molecule has 0 atom stereocenters. The minimum absolute atomic E-state index is 0.255. The van der Waals surface area contributed by atoms with Crippen molar-refractivity contribution >= 4 is 23.1 Å². The maximum Gasteiger partial charge on any atom is 0.139 e. The average Bonchev–Trinajstić information content (AvgIpc) is 3.17. The fraction of sp³-hybridized carbons (Fsp3) is 0.278. The normalized spacial score (nSPS) is 15.3. The Morgan fingerprint density at radius 1 is 1.09 bits per heavy atom. The molecule has 1 aromatic carbocycles. The zero-order valence-electron chi connectivity index (χ0n) is 12.7. The van der Waals surface area contributed by atoms with Crippen LogP contribution in [0.3, 0.4) is 0 Å². The second kappa shape index (κ2) is 5.78. The molecule has 2 aromatic heterocycles. The van der Waals surface area contributed by atoms with Crippen LogP contribution in [0.4, 0.5) is 5.82 Å². The molecule has 0 radical (unpaired) electrons. The van der Waals surface area contributed by atoms with Crippen LogP contribution in [0.2, 0.25) is 5.02 Å². The van der Waals surface area contributed by atoms with E-state index in [4.69, 9.17) is 16.6 Å². The molecule has 0 bridgehead atoms. The molecule has 1 saturated carbocycles. The highest BCUT2D eigenvalue weighted by molar-refractivity contribution is 6.30. The van der Waals surface area contributed by atoms with E-state index in [1.54, 1.807) is 12.1 Å². The molecule has 1 aliphatic rings. The number of nitrogens with zero attached hydrogens (tertiary/aromatic N) is 2. The predicted octanol–water partition coefficient (Wildman–Crippen LogP) is 4.71. The van der Waals surface area contributed by atoms with Crippen molar-refractivity contribution in [2.24, 2.45) is 0 Å². The van der Waals surface area contributed by atoms with E-state index in [1.165, 1.54) is 25.7 Å². The van der Waals surface area contributed by atoms with Crippen LogP contribution < -0.4 is 5.32 Å². The number of benzene rings is 1. The van der Waals surface area contributed by atoms with Crippen molar-refractivity contribution in [2.75, 3.05) is 5.32 Å². The Morgan fingerprint density at radius 2 is 1.83 bits per heavy atom. The number of phenols is 1. The molecule has 4 nitrogen and oxygen atoms in total. The molecule has 2 N–H and O–H groups in total. The van der Waals surface area contributed by atoms with Crippen LogP contribution in [0, 0.1) is 0 Å². The molecule has 0 spiro atoms. The molecule has 3 aromatic rings. The number of hydrogen-bond acceptors (Lipinski definition) is 3. The lowest BCUT2D eigenvalue weighted by Crippen LogP contribution is -2.16. The lowest BCUT2D eigenvalue weighted by atomic mass is 10.1. The summed E-state index contributed by atoms with van der Waals surface area (Å²) in [5.74, 6) is 1.23. The minimum atomic E-state index is 0.255. The highest BCUT2D eigenvalue weighted by atomic mass is 35.5. The molecule has 118 valence electrons. The van der Waals surface area contributed by atoms with E-state index >= 15 is 0 Å². The van der Waals surface area contributed by atoms with Crippen LogP contribution in [-0.4, -0.2) is 20.5 Å². The summed E-state index contributed by atoms with van der Waals surface area (Å²) in [6.45, 7) is 0. The summed E-state index contributed by atoms with van der Waals surface area (Å²) in [5, 5.41) is 13.9. The molecule has 0 saturated heterocycles. The van der Waals surface area contributed by atoms with Crippen molar-refractivity contribution in [3.05, 3.63) is 47.6 Å². The summed E-state index contributed by atoms with van der Waals surface area (Å²) in [5.41, 5.74) is 2.72. The Labute approximate surface area is 139 Å². The van der Waals surface area contributed by atoms with E-state index < -0.39 is 0 Å². The van der Waals surface area contributed by atoms with Crippen LogP contribution >= 0.6 is 11.6 Å². The summed E-state index contributed by atoms with van der Waals surface area (Å²) >= 11 is 6.17. The summed E-state index contributed by atoms with van der Waals surface area (Å²) < 4.78 is 2.02. The van der Waals surface area contributed by atoms with Crippen molar-refractivity contribution in [2.45, 2.75) is 31.7 Å². The van der Waals surface area contributed by atoms with E-state index in [0.29, 0.717) is 11.1 Å². The van der Waals surface area contributed by atoms with E-state index in [-0.39, 0.29) is 5.75 Å². The third kappa shape index (κ3) is 2.75. The highest BCUT2D eigenvalue weighted by Gasteiger charge is 2.20. The molecule has 1 fully saturated rings. The standard InChI is InChI=1S/C18H18ClN3O/c19-13-7-10-16-21-17(12-5-8-15(23)9-6-12)18(22(16)11-13)20-14-3-1-2-4-14/h5-11,14,20,23H,1-4H2. The molecular formula is C18H18ClN3O. The van der Waals surface area contributed by atoms with E-state index in [1.807, 2.05) is 34.9 Å². The fourth-order valence-corrected chi connectivity index (χ4v) is 3.40. The number of fused-ring (bicyclic) bond motifs is 1. The van der Waals surface area contributed by atoms with Gasteiger partial charge in [0.25, 0.3) is 0 Å². The lowest BCUT2D eigenvalue weighted by molar-refractivity contribution is 0.475. The van der Waals surface area contributed by atoms with Crippen molar-refractivity contribution in [1.29, 1.82) is 0 Å². The number of hydrogen-bond donors (Lipinski definition) is 2. The third-order valence-corrected chi connectivity index (χ3v) is 4.64. The Balaban J connectivity index is 1.85. The number of imidazole rings is 1. The monoisotopic (exact) mass is 327 g/mol. The van der Waals surface area contributed by atoms with Crippen LogP contribution in [0.15, 0.2) is 42.6 Å². The number of rotatable bonds is 3. The first-order valence-corrected chi connectivity index (χ1v) is 8.32. The largest absolute Gasteiger partial charge is 0.508 e. The molecule has 0 amide bonds. The average molecular weight is 328 g/mol. The maximum atomic E-state index is 9.52. The van der Waals surface area contributed by atoms with E-state index in [9.17, 15) is 5.11 Å². The van der Waals surface area contributed by atoms with Crippen LogP contribution in [-0.2, 0) is 0 Å². The van der Waals surface area contributed by atoms with Crippen molar-refractivity contribution < 1.29 is 5.11 Å². The Kier molecular flexibility index (Phi) is 3.62. The Morgan fingerprint density at radius 3 is 2.57 bits per heavy atom. The van der Waals surface area contributed by atoms with Gasteiger partial charge in [0, 0.05) is 17.8 Å². The number of halogens is 1. The van der Waals surface area contributed by atoms with Gasteiger partial charge < -0.3 is 10.4 Å². The van der Waals surface area contributed by atoms with Crippen molar-refractivity contribution in [3.8, 4) is 17.0 Å². The smallest absolute Gasteiger partial charge is 0.139 e. The van der Waals surface area contributed by atoms with Crippen LogP contribution in [0.1, 0.15) is 25.7 Å². The first-order chi connectivity index (χ1) is 11.2. The summed E-state index contributed by atoms with van der Waals surface area (Å²) in [6.07, 6.45) is 6.80. The molecule has 5 heteroatoms. The number of nitrogens with one attached hydrogen (secondary N) is 1. The fourth-order valence-electron chi connectivity index (χ4n) is 3.24. The quantitative estimate of drug-likeness (QED) is 0.732. The predicted molar refractivity (Wildman–Crippen MR) is 93.2 cm³/mol. The Bertz CT molecular complexity index is 835. The molecule has 4 rings (SSSR count). The summed E-state index contributed by atoms with van der Waals surface area (Å²) in [7, 11) is 0. The maximum absolute atomic E-state index is 9.52.